The molecule has 13 aromatic rings. The molecular weight excluding hydrogens is 835 g/mol. The smallest absolute Gasteiger partial charge is 0.143 e. The molecule has 0 amide bonds. The predicted molar refractivity (Wildman–Crippen MR) is 288 cm³/mol. The van der Waals surface area contributed by atoms with Gasteiger partial charge in [-0.2, -0.15) is 0 Å². The Kier molecular flexibility index (Phi) is 8.02. The maximum Gasteiger partial charge on any atom is 0.143 e. The lowest BCUT2D eigenvalue weighted by molar-refractivity contribution is 0.670. The van der Waals surface area contributed by atoms with Gasteiger partial charge in [0.15, 0.2) is 0 Å². The first-order valence-corrected chi connectivity index (χ1v) is 23.9. The molecule has 0 radical (unpaired) electrons. The minimum Gasteiger partial charge on any atom is -0.455 e. The van der Waals surface area contributed by atoms with Gasteiger partial charge in [-0.05, 0) is 124 Å². The largest absolute Gasteiger partial charge is 0.455 e. The number of furan rings is 1. The number of rotatable bonds is 5. The quantitative estimate of drug-likeness (QED) is 0.160. The zero-order chi connectivity index (χ0) is 45.2. The van der Waals surface area contributed by atoms with E-state index in [9.17, 15) is 0 Å². The second-order valence-corrected chi connectivity index (χ2v) is 18.6. The second kappa shape index (κ2) is 14.5. The fraction of sp³-hybridized carbons (Fsp3) is 0.0149. The van der Waals surface area contributed by atoms with Crippen LogP contribution in [0.3, 0.4) is 0 Å². The van der Waals surface area contributed by atoms with Crippen LogP contribution < -0.4 is 4.90 Å². The minimum absolute atomic E-state index is 0.453. The standard InChI is InChI=1S/C67H41NO/c1-2-17-50-48(15-1)49-16-3-4-18-51(49)58-41-46(39-40-52(50)58)68(45-37-35-43(36-38-45)42-31-33-44(34-32-42)47-23-13-24-56-55-21-8-12-30-64(55)69-66(47)56)63-29-14-28-62-65(63)57-22-7-11-27-61(57)67(62)59-25-9-5-19-53(59)54-20-6-10-26-60(54)67/h1-41H. The lowest BCUT2D eigenvalue weighted by Gasteiger charge is -2.32. The van der Waals surface area contributed by atoms with Gasteiger partial charge in [0.05, 0.1) is 11.1 Å². The number of hydrogen-bond acceptors (Lipinski definition) is 2. The van der Waals surface area contributed by atoms with Crippen molar-refractivity contribution in [3.63, 3.8) is 0 Å². The summed E-state index contributed by atoms with van der Waals surface area (Å²) in [6.45, 7) is 0. The Morgan fingerprint density at radius 3 is 1.41 bits per heavy atom. The van der Waals surface area contributed by atoms with E-state index in [1.54, 1.807) is 0 Å². The van der Waals surface area contributed by atoms with E-state index >= 15 is 0 Å². The highest BCUT2D eigenvalue weighted by Crippen LogP contribution is 2.64. The van der Waals surface area contributed by atoms with Gasteiger partial charge in [-0.15, -0.1) is 0 Å². The third-order valence-corrected chi connectivity index (χ3v) is 15.3. The zero-order valence-electron chi connectivity index (χ0n) is 37.5. The van der Waals surface area contributed by atoms with E-state index < -0.39 is 5.41 Å². The highest BCUT2D eigenvalue weighted by Gasteiger charge is 2.52. The van der Waals surface area contributed by atoms with Crippen LogP contribution >= 0.6 is 0 Å². The second-order valence-electron chi connectivity index (χ2n) is 18.6. The van der Waals surface area contributed by atoms with Crippen molar-refractivity contribution in [3.8, 4) is 44.5 Å². The summed E-state index contributed by atoms with van der Waals surface area (Å²) >= 11 is 0. The molecule has 0 atom stereocenters. The third kappa shape index (κ3) is 5.31. The van der Waals surface area contributed by atoms with E-state index in [1.165, 1.54) is 76.8 Å². The average molecular weight is 876 g/mol. The Hall–Kier alpha value is -8.98. The Morgan fingerprint density at radius 1 is 0.290 bits per heavy atom. The maximum absolute atomic E-state index is 6.43. The molecule has 2 heteroatoms. The monoisotopic (exact) mass is 875 g/mol. The maximum atomic E-state index is 6.43. The highest BCUT2D eigenvalue weighted by atomic mass is 16.3. The van der Waals surface area contributed by atoms with Gasteiger partial charge in [0.1, 0.15) is 11.2 Å². The summed E-state index contributed by atoms with van der Waals surface area (Å²) in [7, 11) is 0. The van der Waals surface area contributed by atoms with E-state index in [0.29, 0.717) is 0 Å². The summed E-state index contributed by atoms with van der Waals surface area (Å²) in [6.07, 6.45) is 0. The molecule has 69 heavy (non-hydrogen) atoms. The Balaban J connectivity index is 0.922. The summed E-state index contributed by atoms with van der Waals surface area (Å²) in [5, 5.41) is 9.85. The van der Waals surface area contributed by atoms with Crippen LogP contribution in [-0.4, -0.2) is 0 Å². The molecule has 0 aliphatic heterocycles. The first-order chi connectivity index (χ1) is 34.2. The number of hydrogen-bond donors (Lipinski definition) is 0. The lowest BCUT2D eigenvalue weighted by atomic mass is 9.70. The number of fused-ring (bicyclic) bond motifs is 19. The number of anilines is 3. The molecule has 15 rings (SSSR count). The van der Waals surface area contributed by atoms with Crippen molar-refractivity contribution in [1.82, 2.24) is 0 Å². The number of para-hydroxylation sites is 2. The fourth-order valence-corrected chi connectivity index (χ4v) is 12.4. The van der Waals surface area contributed by atoms with Gasteiger partial charge in [-0.1, -0.05) is 212 Å². The van der Waals surface area contributed by atoms with Crippen molar-refractivity contribution in [1.29, 1.82) is 0 Å². The summed E-state index contributed by atoms with van der Waals surface area (Å²) in [4.78, 5) is 2.51. The Morgan fingerprint density at radius 2 is 0.739 bits per heavy atom. The normalized spacial score (nSPS) is 13.0. The van der Waals surface area contributed by atoms with Crippen LogP contribution in [0, 0.1) is 0 Å². The zero-order valence-corrected chi connectivity index (χ0v) is 37.5. The summed E-state index contributed by atoms with van der Waals surface area (Å²) in [5.74, 6) is 0. The van der Waals surface area contributed by atoms with E-state index in [-0.39, 0.29) is 0 Å². The van der Waals surface area contributed by atoms with E-state index in [4.69, 9.17) is 4.42 Å². The van der Waals surface area contributed by atoms with Crippen molar-refractivity contribution in [3.05, 3.63) is 271 Å². The van der Waals surface area contributed by atoms with Crippen LogP contribution in [0.15, 0.2) is 253 Å². The van der Waals surface area contributed by atoms with Crippen molar-refractivity contribution >= 4 is 71.3 Å². The minimum atomic E-state index is -0.453. The van der Waals surface area contributed by atoms with Crippen molar-refractivity contribution in [2.75, 3.05) is 4.90 Å². The molecule has 2 aliphatic carbocycles. The number of benzene rings is 12. The van der Waals surface area contributed by atoms with Crippen LogP contribution in [-0.2, 0) is 5.41 Å². The molecule has 12 aromatic carbocycles. The van der Waals surface area contributed by atoms with Crippen LogP contribution in [0.2, 0.25) is 0 Å². The van der Waals surface area contributed by atoms with E-state index in [1.807, 2.05) is 12.1 Å². The molecule has 2 nitrogen and oxygen atoms in total. The van der Waals surface area contributed by atoms with Gasteiger partial charge in [-0.25, -0.2) is 0 Å². The van der Waals surface area contributed by atoms with Crippen LogP contribution in [0.25, 0.3) is 98.8 Å². The van der Waals surface area contributed by atoms with Crippen LogP contribution in [0.4, 0.5) is 17.1 Å². The Bertz CT molecular complexity index is 4170. The molecule has 1 aromatic heterocycles. The van der Waals surface area contributed by atoms with Gasteiger partial charge >= 0.3 is 0 Å². The third-order valence-electron chi connectivity index (χ3n) is 15.3. The molecule has 2 aliphatic rings. The number of nitrogens with zero attached hydrogens (tertiary/aromatic N) is 1. The molecule has 1 spiro atoms. The van der Waals surface area contributed by atoms with E-state index in [0.717, 1.165) is 61.3 Å². The first kappa shape index (κ1) is 38.2. The van der Waals surface area contributed by atoms with Gasteiger partial charge < -0.3 is 9.32 Å². The lowest BCUT2D eigenvalue weighted by Crippen LogP contribution is -2.26. The van der Waals surface area contributed by atoms with Gasteiger partial charge in [0, 0.05) is 33.3 Å². The van der Waals surface area contributed by atoms with Crippen molar-refractivity contribution in [2.24, 2.45) is 0 Å². The van der Waals surface area contributed by atoms with Crippen LogP contribution in [0.5, 0.6) is 0 Å². The molecule has 0 fully saturated rings. The van der Waals surface area contributed by atoms with Gasteiger partial charge in [0.25, 0.3) is 0 Å². The SMILES string of the molecule is c1ccc2c(c1)-c1ccccc1C21c2ccccc2-c2c(N(c3ccc(-c4ccc(-c5cccc6c5oc5ccccc56)cc4)cc3)c3ccc4c5ccccc5c5ccccc5c4c3)cccc21. The van der Waals surface area contributed by atoms with Gasteiger partial charge in [0.2, 0.25) is 0 Å². The molecule has 320 valence electrons. The molecule has 0 N–H and O–H groups in total. The molecule has 0 saturated carbocycles. The Labute approximate surface area is 399 Å². The topological polar surface area (TPSA) is 16.4 Å². The molecular formula is C67H41NO. The first-order valence-electron chi connectivity index (χ1n) is 23.9. The summed E-state index contributed by atoms with van der Waals surface area (Å²) in [5.41, 5.74) is 19.8. The van der Waals surface area contributed by atoms with Crippen molar-refractivity contribution in [2.45, 2.75) is 5.41 Å². The van der Waals surface area contributed by atoms with Crippen LogP contribution in [0.1, 0.15) is 22.3 Å². The molecule has 0 saturated heterocycles. The van der Waals surface area contributed by atoms with Crippen molar-refractivity contribution < 1.29 is 4.42 Å². The summed E-state index contributed by atoms with van der Waals surface area (Å²) < 4.78 is 6.43. The predicted octanol–water partition coefficient (Wildman–Crippen LogP) is 18.2. The van der Waals surface area contributed by atoms with Gasteiger partial charge in [-0.3, -0.25) is 0 Å². The fourth-order valence-electron chi connectivity index (χ4n) is 12.4. The highest BCUT2D eigenvalue weighted by molar-refractivity contribution is 6.26. The molecule has 1 heterocycles. The summed E-state index contributed by atoms with van der Waals surface area (Å²) in [6, 6.07) is 91.9. The average Bonchev–Trinajstić information content (AvgIpc) is 4.06. The van der Waals surface area contributed by atoms with E-state index in [2.05, 4.69) is 241 Å². The molecule has 0 bridgehead atoms. The molecule has 0 unspecified atom stereocenters.